The molecule has 3 rings (SSSR count). The number of thiazole rings is 1. The fourth-order valence-corrected chi connectivity index (χ4v) is 3.48. The van der Waals surface area contributed by atoms with Crippen LogP contribution in [-0.4, -0.2) is 13.0 Å². The Kier molecular flexibility index (Phi) is 8.03. The van der Waals surface area contributed by atoms with E-state index in [2.05, 4.69) is 77.0 Å². The van der Waals surface area contributed by atoms with Gasteiger partial charge < -0.3 is 14.8 Å². The lowest BCUT2D eigenvalue weighted by Gasteiger charge is -2.19. The van der Waals surface area contributed by atoms with Crippen molar-refractivity contribution in [2.24, 2.45) is 17.3 Å². The van der Waals surface area contributed by atoms with E-state index in [0.717, 1.165) is 30.0 Å². The second-order valence-electron chi connectivity index (χ2n) is 6.63. The van der Waals surface area contributed by atoms with Gasteiger partial charge in [0.05, 0.1) is 17.0 Å². The smallest absolute Gasteiger partial charge is 0.408 e. The van der Waals surface area contributed by atoms with Crippen LogP contribution >= 0.6 is 11.3 Å². The minimum Gasteiger partial charge on any atom is -0.550 e. The van der Waals surface area contributed by atoms with Gasteiger partial charge in [-0.25, -0.2) is 4.57 Å². The van der Waals surface area contributed by atoms with E-state index in [1.807, 2.05) is 25.2 Å². The fraction of sp³-hybridized carbons (Fsp3) is 0.273. The number of benzene rings is 2. The molecule has 0 aliphatic rings. The highest BCUT2D eigenvalue weighted by molar-refractivity contribution is 7.14. The molecule has 0 N–H and O–H groups in total. The van der Waals surface area contributed by atoms with E-state index in [0.29, 0.717) is 0 Å². The molecule has 0 atom stereocenters. The molecular formula is C22H26N4O2S. The lowest BCUT2D eigenvalue weighted by Crippen LogP contribution is -2.28. The maximum atomic E-state index is 8.89. The third-order valence-corrected chi connectivity index (χ3v) is 5.49. The highest BCUT2D eigenvalue weighted by Crippen LogP contribution is 2.25. The third-order valence-electron chi connectivity index (χ3n) is 4.35. The Balaban J connectivity index is 0.000000687. The van der Waals surface area contributed by atoms with E-state index in [-0.39, 0.29) is 0 Å². The molecule has 0 saturated heterocycles. The zero-order chi connectivity index (χ0) is 21.4. The molecule has 0 saturated carbocycles. The van der Waals surface area contributed by atoms with Crippen molar-refractivity contribution in [2.75, 3.05) is 11.9 Å². The molecule has 0 spiro atoms. The molecule has 3 aromatic rings. The first-order valence-electron chi connectivity index (χ1n) is 9.18. The largest absolute Gasteiger partial charge is 0.550 e. The van der Waals surface area contributed by atoms with Gasteiger partial charge in [0.2, 0.25) is 0 Å². The van der Waals surface area contributed by atoms with Gasteiger partial charge in [0, 0.05) is 25.2 Å². The molecule has 29 heavy (non-hydrogen) atoms. The van der Waals surface area contributed by atoms with Crippen molar-refractivity contribution in [3.63, 3.8) is 0 Å². The Morgan fingerprint density at radius 1 is 1.07 bits per heavy atom. The highest BCUT2D eigenvalue weighted by atomic mass is 32.1. The number of carbonyl (C=O) groups excluding carboxylic acids is 1. The van der Waals surface area contributed by atoms with Crippen LogP contribution in [0.5, 0.6) is 0 Å². The molecule has 6 nitrogen and oxygen atoms in total. The van der Waals surface area contributed by atoms with Crippen LogP contribution in [0.15, 0.2) is 64.8 Å². The van der Waals surface area contributed by atoms with Crippen LogP contribution in [0, 0.1) is 13.8 Å². The van der Waals surface area contributed by atoms with Crippen molar-refractivity contribution in [2.45, 2.75) is 27.3 Å². The maximum absolute atomic E-state index is 8.89. The predicted octanol–water partition coefficient (Wildman–Crippen LogP) is 4.00. The van der Waals surface area contributed by atoms with Crippen molar-refractivity contribution >= 4 is 33.8 Å². The van der Waals surface area contributed by atoms with E-state index >= 15 is 0 Å². The van der Waals surface area contributed by atoms with Crippen LogP contribution in [-0.2, 0) is 18.4 Å². The Morgan fingerprint density at radius 2 is 1.66 bits per heavy atom. The lowest BCUT2D eigenvalue weighted by molar-refractivity contribution is -0.660. The minimum absolute atomic E-state index is 0.862. The molecule has 7 heteroatoms. The van der Waals surface area contributed by atoms with Crippen molar-refractivity contribution in [3.05, 3.63) is 70.7 Å². The van der Waals surface area contributed by atoms with Crippen molar-refractivity contribution in [1.82, 2.24) is 0 Å². The number of nitrogens with zero attached hydrogens (tertiary/aromatic N) is 4. The second-order valence-corrected chi connectivity index (χ2v) is 7.82. The van der Waals surface area contributed by atoms with Gasteiger partial charge in [-0.15, -0.1) is 0 Å². The highest BCUT2D eigenvalue weighted by Gasteiger charge is 2.15. The van der Waals surface area contributed by atoms with Gasteiger partial charge in [-0.3, -0.25) is 0 Å². The molecule has 152 valence electrons. The van der Waals surface area contributed by atoms with Gasteiger partial charge >= 0.3 is 5.13 Å². The first kappa shape index (κ1) is 22.2. The summed E-state index contributed by atoms with van der Waals surface area (Å²) in [6, 6.07) is 18.7. The quantitative estimate of drug-likeness (QED) is 0.471. The number of azo groups is 1. The van der Waals surface area contributed by atoms with Crippen molar-refractivity contribution < 1.29 is 14.5 Å². The summed E-state index contributed by atoms with van der Waals surface area (Å²) in [6.07, 6.45) is 0. The van der Waals surface area contributed by atoms with Crippen LogP contribution in [0.2, 0.25) is 0 Å². The maximum Gasteiger partial charge on any atom is 0.408 e. The molecule has 0 aliphatic carbocycles. The average molecular weight is 411 g/mol. The van der Waals surface area contributed by atoms with Crippen LogP contribution in [0.1, 0.15) is 23.1 Å². The molecule has 2 aromatic carbocycles. The van der Waals surface area contributed by atoms with Crippen LogP contribution in [0.25, 0.3) is 0 Å². The Bertz CT molecular complexity index is 962. The summed E-state index contributed by atoms with van der Waals surface area (Å²) < 4.78 is 2.07. The van der Waals surface area contributed by atoms with Crippen molar-refractivity contribution in [1.29, 1.82) is 0 Å². The number of carboxylic acids is 1. The van der Waals surface area contributed by atoms with Crippen LogP contribution in [0.4, 0.5) is 16.5 Å². The summed E-state index contributed by atoms with van der Waals surface area (Å²) in [7, 11) is 4.12. The molecule has 0 aliphatic heterocycles. The van der Waals surface area contributed by atoms with E-state index in [1.54, 1.807) is 11.3 Å². The van der Waals surface area contributed by atoms with E-state index in [1.165, 1.54) is 16.1 Å². The van der Waals surface area contributed by atoms with Gasteiger partial charge in [-0.2, -0.15) is 0 Å². The molecule has 0 radical (unpaired) electrons. The minimum atomic E-state index is -1.08. The van der Waals surface area contributed by atoms with Gasteiger partial charge in [-0.05, 0) is 67.1 Å². The van der Waals surface area contributed by atoms with Gasteiger partial charge in [-0.1, -0.05) is 30.3 Å². The summed E-state index contributed by atoms with van der Waals surface area (Å²) in [5.41, 5.74) is 4.55. The molecular weight excluding hydrogens is 384 g/mol. The van der Waals surface area contributed by atoms with Gasteiger partial charge in [0.25, 0.3) is 0 Å². The van der Waals surface area contributed by atoms with Gasteiger partial charge in [0.1, 0.15) is 11.4 Å². The first-order chi connectivity index (χ1) is 13.8. The molecule has 0 fully saturated rings. The van der Waals surface area contributed by atoms with E-state index in [4.69, 9.17) is 9.90 Å². The summed E-state index contributed by atoms with van der Waals surface area (Å²) in [4.78, 5) is 12.4. The standard InChI is InChI=1S/C20H23N4S.C2H4O2/c1-15-16(2)25-20(24(15)4)22-21-18-10-12-19(13-11-18)23(3)14-17-8-6-5-7-9-17;1-2(3)4/h5-13H,14H2,1-4H3;1H3,(H,3,4)/q+1;/p-1. The van der Waals surface area contributed by atoms with Crippen LogP contribution in [0.3, 0.4) is 0 Å². The summed E-state index contributed by atoms with van der Waals surface area (Å²) in [6.45, 7) is 6.06. The third kappa shape index (κ3) is 6.80. The zero-order valence-corrected chi connectivity index (χ0v) is 18.2. The second kappa shape index (κ2) is 10.5. The van der Waals surface area contributed by atoms with Gasteiger partial charge in [0.15, 0.2) is 0 Å². The lowest BCUT2D eigenvalue weighted by atomic mass is 10.2. The molecule has 1 aromatic heterocycles. The van der Waals surface area contributed by atoms with E-state index < -0.39 is 5.97 Å². The number of aliphatic carboxylic acids is 1. The summed E-state index contributed by atoms with van der Waals surface area (Å²) >= 11 is 1.66. The molecule has 0 unspecified atom stereocenters. The number of carboxylic acid groups (broad SMARTS) is 1. The average Bonchev–Trinajstić information content (AvgIpc) is 2.94. The number of hydrogen-bond donors (Lipinski definition) is 0. The first-order valence-corrected chi connectivity index (χ1v) is 10.00. The molecule has 1 heterocycles. The van der Waals surface area contributed by atoms with Crippen molar-refractivity contribution in [3.8, 4) is 0 Å². The Morgan fingerprint density at radius 3 is 2.17 bits per heavy atom. The molecule has 0 amide bonds. The fourth-order valence-electron chi connectivity index (χ4n) is 2.57. The Labute approximate surface area is 175 Å². The summed E-state index contributed by atoms with van der Waals surface area (Å²) in [5.74, 6) is -1.08. The number of carbonyl (C=O) groups is 1. The number of aromatic nitrogens is 1. The Hall–Kier alpha value is -3.06. The number of aryl methyl sites for hydroxylation is 1. The topological polar surface area (TPSA) is 72.0 Å². The number of anilines is 1. The van der Waals surface area contributed by atoms with Crippen LogP contribution < -0.4 is 14.6 Å². The zero-order valence-electron chi connectivity index (χ0n) is 17.4. The van der Waals surface area contributed by atoms with E-state index in [9.17, 15) is 0 Å². The monoisotopic (exact) mass is 410 g/mol. The SMILES string of the molecule is CC(=O)[O-].Cc1sc(N=Nc2ccc(N(C)Cc3ccccc3)cc2)[n+](C)c1C. The number of rotatable bonds is 5. The predicted molar refractivity (Wildman–Crippen MR) is 115 cm³/mol. The number of hydrogen-bond acceptors (Lipinski definition) is 6. The normalized spacial score (nSPS) is 10.5. The summed E-state index contributed by atoms with van der Waals surface area (Å²) in [5, 5.41) is 18.6. The molecule has 0 bridgehead atoms.